The number of hydrogen-bond acceptors (Lipinski definition) is 4. The van der Waals surface area contributed by atoms with E-state index in [2.05, 4.69) is 20.9 Å². The van der Waals surface area contributed by atoms with Crippen molar-refractivity contribution < 1.29 is 9.90 Å². The molecule has 0 aliphatic carbocycles. The number of piperidine rings is 1. The minimum absolute atomic E-state index is 0.437. The number of rotatable bonds is 2. The zero-order chi connectivity index (χ0) is 14.3. The first kappa shape index (κ1) is 13.8. The van der Waals surface area contributed by atoms with Gasteiger partial charge < -0.3 is 10.0 Å². The molecule has 0 spiro atoms. The van der Waals surface area contributed by atoms with E-state index in [1.807, 2.05) is 24.0 Å². The third-order valence-corrected chi connectivity index (χ3v) is 5.17. The van der Waals surface area contributed by atoms with Gasteiger partial charge in [-0.2, -0.15) is 0 Å². The minimum Gasteiger partial charge on any atom is -0.480 e. The average molecular weight is 355 g/mol. The van der Waals surface area contributed by atoms with Gasteiger partial charge in [-0.05, 0) is 43.9 Å². The number of benzene rings is 1. The number of fused-ring (bicyclic) bond motifs is 1. The SMILES string of the molecule is Cc1cc(Br)cc2sc(N3CCCCC3C(=O)O)nc12. The van der Waals surface area contributed by atoms with Crippen LogP contribution in [0.3, 0.4) is 0 Å². The van der Waals surface area contributed by atoms with Crippen LogP contribution in [0.2, 0.25) is 0 Å². The van der Waals surface area contributed by atoms with Crippen molar-refractivity contribution in [2.45, 2.75) is 32.2 Å². The zero-order valence-electron chi connectivity index (χ0n) is 11.1. The first-order valence-corrected chi connectivity index (χ1v) is 8.23. The molecule has 1 aromatic carbocycles. The van der Waals surface area contributed by atoms with Crippen LogP contribution in [-0.4, -0.2) is 28.6 Å². The van der Waals surface area contributed by atoms with Crippen LogP contribution >= 0.6 is 27.3 Å². The number of anilines is 1. The number of hydrogen-bond donors (Lipinski definition) is 1. The number of carboxylic acid groups (broad SMARTS) is 1. The number of aliphatic carboxylic acids is 1. The van der Waals surface area contributed by atoms with Gasteiger partial charge in [0.15, 0.2) is 5.13 Å². The Balaban J connectivity index is 2.04. The molecule has 2 aromatic rings. The van der Waals surface area contributed by atoms with Gasteiger partial charge in [-0.1, -0.05) is 27.3 Å². The predicted octanol–water partition coefficient (Wildman–Crippen LogP) is 3.81. The summed E-state index contributed by atoms with van der Waals surface area (Å²) in [4.78, 5) is 18.0. The number of nitrogens with zero attached hydrogens (tertiary/aromatic N) is 2. The summed E-state index contributed by atoms with van der Waals surface area (Å²) >= 11 is 5.07. The normalized spacial score (nSPS) is 19.5. The molecular formula is C14H15BrN2O2S. The molecule has 1 unspecified atom stereocenters. The molecule has 1 aromatic heterocycles. The van der Waals surface area contributed by atoms with E-state index in [9.17, 15) is 9.90 Å². The molecule has 6 heteroatoms. The monoisotopic (exact) mass is 354 g/mol. The van der Waals surface area contributed by atoms with Gasteiger partial charge in [0.1, 0.15) is 6.04 Å². The van der Waals surface area contributed by atoms with Crippen molar-refractivity contribution in [2.24, 2.45) is 0 Å². The Labute approximate surface area is 129 Å². The maximum atomic E-state index is 11.4. The molecule has 1 N–H and O–H groups in total. The molecule has 106 valence electrons. The molecule has 1 atom stereocenters. The van der Waals surface area contributed by atoms with Gasteiger partial charge in [-0.15, -0.1) is 0 Å². The highest BCUT2D eigenvalue weighted by Crippen LogP contribution is 2.35. The molecule has 0 bridgehead atoms. The maximum Gasteiger partial charge on any atom is 0.326 e. The summed E-state index contributed by atoms with van der Waals surface area (Å²) in [6, 6.07) is 3.65. The van der Waals surface area contributed by atoms with Crippen LogP contribution < -0.4 is 4.90 Å². The van der Waals surface area contributed by atoms with Gasteiger partial charge in [-0.25, -0.2) is 9.78 Å². The smallest absolute Gasteiger partial charge is 0.326 e. The Hall–Kier alpha value is -1.14. The lowest BCUT2D eigenvalue weighted by Gasteiger charge is -2.32. The summed E-state index contributed by atoms with van der Waals surface area (Å²) in [7, 11) is 0. The van der Waals surface area contributed by atoms with Crippen LogP contribution in [-0.2, 0) is 4.79 Å². The third kappa shape index (κ3) is 2.42. The Kier molecular flexibility index (Phi) is 3.69. The number of carboxylic acids is 1. The van der Waals surface area contributed by atoms with Gasteiger partial charge >= 0.3 is 5.97 Å². The number of thiazole rings is 1. The fraction of sp³-hybridized carbons (Fsp3) is 0.429. The summed E-state index contributed by atoms with van der Waals surface area (Å²) in [6.45, 7) is 2.80. The van der Waals surface area contributed by atoms with E-state index < -0.39 is 12.0 Å². The molecule has 4 nitrogen and oxygen atoms in total. The Morgan fingerprint density at radius 1 is 1.50 bits per heavy atom. The highest BCUT2D eigenvalue weighted by Gasteiger charge is 2.30. The minimum atomic E-state index is -0.748. The highest BCUT2D eigenvalue weighted by molar-refractivity contribution is 9.10. The molecule has 1 fully saturated rings. The summed E-state index contributed by atoms with van der Waals surface area (Å²) in [6.07, 6.45) is 2.71. The molecule has 2 heterocycles. The van der Waals surface area contributed by atoms with Gasteiger partial charge in [0.05, 0.1) is 10.2 Å². The molecule has 1 aliphatic rings. The average Bonchev–Trinajstić information content (AvgIpc) is 2.82. The van der Waals surface area contributed by atoms with Crippen LogP contribution in [0, 0.1) is 6.92 Å². The Morgan fingerprint density at radius 2 is 2.30 bits per heavy atom. The largest absolute Gasteiger partial charge is 0.480 e. The standard InChI is InChI=1S/C14H15BrN2O2S/c1-8-6-9(15)7-11-12(8)16-14(20-11)17-5-3-2-4-10(17)13(18)19/h6-7,10H,2-5H2,1H3,(H,18,19). The van der Waals surface area contributed by atoms with E-state index in [1.54, 1.807) is 11.3 Å². The van der Waals surface area contributed by atoms with Crippen molar-refractivity contribution in [2.75, 3.05) is 11.4 Å². The molecule has 0 amide bonds. The van der Waals surface area contributed by atoms with Crippen molar-refractivity contribution in [3.63, 3.8) is 0 Å². The Morgan fingerprint density at radius 3 is 3.05 bits per heavy atom. The summed E-state index contributed by atoms with van der Waals surface area (Å²) in [5.74, 6) is -0.748. The van der Waals surface area contributed by atoms with E-state index in [0.717, 1.165) is 44.8 Å². The summed E-state index contributed by atoms with van der Waals surface area (Å²) in [5, 5.41) is 10.2. The second kappa shape index (κ2) is 5.33. The quantitative estimate of drug-likeness (QED) is 0.890. The van der Waals surface area contributed by atoms with Crippen LogP contribution in [0.15, 0.2) is 16.6 Å². The van der Waals surface area contributed by atoms with E-state index in [4.69, 9.17) is 0 Å². The van der Waals surface area contributed by atoms with Crippen LogP contribution in [0.4, 0.5) is 5.13 Å². The van der Waals surface area contributed by atoms with Gasteiger partial charge in [0, 0.05) is 11.0 Å². The zero-order valence-corrected chi connectivity index (χ0v) is 13.5. The van der Waals surface area contributed by atoms with E-state index in [1.165, 1.54) is 0 Å². The van der Waals surface area contributed by atoms with Gasteiger partial charge in [0.2, 0.25) is 0 Å². The second-order valence-corrected chi connectivity index (χ2v) is 7.03. The van der Waals surface area contributed by atoms with Gasteiger partial charge in [0.25, 0.3) is 0 Å². The first-order valence-electron chi connectivity index (χ1n) is 6.62. The van der Waals surface area contributed by atoms with Crippen LogP contribution in [0.25, 0.3) is 10.2 Å². The molecule has 20 heavy (non-hydrogen) atoms. The first-order chi connectivity index (χ1) is 9.56. The molecular weight excluding hydrogens is 340 g/mol. The van der Waals surface area contributed by atoms with E-state index in [-0.39, 0.29) is 0 Å². The van der Waals surface area contributed by atoms with Crippen LogP contribution in [0.1, 0.15) is 24.8 Å². The lowest BCUT2D eigenvalue weighted by Crippen LogP contribution is -2.44. The number of aromatic nitrogens is 1. The summed E-state index contributed by atoms with van der Waals surface area (Å²) in [5.41, 5.74) is 2.09. The highest BCUT2D eigenvalue weighted by atomic mass is 79.9. The van der Waals surface area contributed by atoms with Crippen molar-refractivity contribution >= 4 is 48.6 Å². The van der Waals surface area contributed by atoms with E-state index in [0.29, 0.717) is 6.42 Å². The summed E-state index contributed by atoms with van der Waals surface area (Å²) < 4.78 is 2.13. The molecule has 3 rings (SSSR count). The lowest BCUT2D eigenvalue weighted by atomic mass is 10.0. The molecule has 0 saturated carbocycles. The van der Waals surface area contributed by atoms with Crippen LogP contribution in [0.5, 0.6) is 0 Å². The topological polar surface area (TPSA) is 53.4 Å². The predicted molar refractivity (Wildman–Crippen MR) is 84.7 cm³/mol. The molecule has 0 radical (unpaired) electrons. The molecule has 1 saturated heterocycles. The Bertz CT molecular complexity index is 670. The number of halogens is 1. The fourth-order valence-electron chi connectivity index (χ4n) is 2.68. The van der Waals surface area contributed by atoms with Crippen molar-refractivity contribution in [3.05, 3.63) is 22.2 Å². The number of carbonyl (C=O) groups is 1. The van der Waals surface area contributed by atoms with E-state index >= 15 is 0 Å². The maximum absolute atomic E-state index is 11.4. The molecule has 1 aliphatic heterocycles. The van der Waals surface area contributed by atoms with Gasteiger partial charge in [-0.3, -0.25) is 0 Å². The third-order valence-electron chi connectivity index (χ3n) is 3.67. The number of aryl methyl sites for hydroxylation is 1. The van der Waals surface area contributed by atoms with Crippen molar-refractivity contribution in [1.29, 1.82) is 0 Å². The second-order valence-electron chi connectivity index (χ2n) is 5.11. The van der Waals surface area contributed by atoms with Crippen molar-refractivity contribution in [3.8, 4) is 0 Å². The fourth-order valence-corrected chi connectivity index (χ4v) is 4.57. The van der Waals surface area contributed by atoms with Crippen molar-refractivity contribution in [1.82, 2.24) is 4.98 Å². The lowest BCUT2D eigenvalue weighted by molar-refractivity contribution is -0.139.